The van der Waals surface area contributed by atoms with E-state index in [1.807, 2.05) is 24.5 Å². The lowest BCUT2D eigenvalue weighted by molar-refractivity contribution is 0.311. The molecule has 2 aliphatic rings. The van der Waals surface area contributed by atoms with Crippen LogP contribution in [0.5, 0.6) is 0 Å². The number of piperazine rings is 1. The van der Waals surface area contributed by atoms with E-state index in [9.17, 15) is 0 Å². The maximum Gasteiger partial charge on any atom is 0.128 e. The summed E-state index contributed by atoms with van der Waals surface area (Å²) in [6, 6.07) is 12.9. The summed E-state index contributed by atoms with van der Waals surface area (Å²) >= 11 is 0. The van der Waals surface area contributed by atoms with Crippen LogP contribution in [0.15, 0.2) is 54.9 Å². The van der Waals surface area contributed by atoms with Crippen molar-refractivity contribution in [3.8, 4) is 0 Å². The van der Waals surface area contributed by atoms with Crippen molar-refractivity contribution < 1.29 is 0 Å². The minimum Gasteiger partial charge on any atom is -0.354 e. The lowest BCUT2D eigenvalue weighted by Crippen LogP contribution is -2.54. The van der Waals surface area contributed by atoms with E-state index in [0.29, 0.717) is 12.0 Å². The molecular formula is C20H24N4. The Morgan fingerprint density at radius 1 is 1.04 bits per heavy atom. The summed E-state index contributed by atoms with van der Waals surface area (Å²) in [4.78, 5) is 11.4. The second-order valence-electron chi connectivity index (χ2n) is 6.67. The van der Waals surface area contributed by atoms with Gasteiger partial charge in [0.05, 0.1) is 5.69 Å². The van der Waals surface area contributed by atoms with E-state index in [2.05, 4.69) is 50.5 Å². The van der Waals surface area contributed by atoms with Crippen LogP contribution >= 0.6 is 0 Å². The first kappa shape index (κ1) is 15.3. The van der Waals surface area contributed by atoms with Crippen molar-refractivity contribution in [3.63, 3.8) is 0 Å². The molecule has 0 saturated carbocycles. The number of anilines is 1. The molecule has 0 radical (unpaired) electrons. The number of pyridine rings is 2. The van der Waals surface area contributed by atoms with Crippen LogP contribution in [0.25, 0.3) is 5.57 Å². The Morgan fingerprint density at radius 3 is 2.62 bits per heavy atom. The van der Waals surface area contributed by atoms with Crippen molar-refractivity contribution in [2.45, 2.75) is 25.3 Å². The van der Waals surface area contributed by atoms with Gasteiger partial charge in [-0.3, -0.25) is 4.98 Å². The highest BCUT2D eigenvalue weighted by atomic mass is 15.2. The van der Waals surface area contributed by atoms with E-state index >= 15 is 0 Å². The van der Waals surface area contributed by atoms with Crippen LogP contribution in [-0.2, 0) is 0 Å². The Labute approximate surface area is 143 Å². The van der Waals surface area contributed by atoms with Crippen molar-refractivity contribution in [1.29, 1.82) is 0 Å². The molecule has 0 amide bonds. The van der Waals surface area contributed by atoms with Gasteiger partial charge < -0.3 is 10.2 Å². The summed E-state index contributed by atoms with van der Waals surface area (Å²) in [5.41, 5.74) is 2.55. The quantitative estimate of drug-likeness (QED) is 0.943. The number of hydrogen-bond acceptors (Lipinski definition) is 4. The fourth-order valence-corrected chi connectivity index (χ4v) is 3.85. The van der Waals surface area contributed by atoms with Crippen molar-refractivity contribution in [3.05, 3.63) is 60.6 Å². The predicted octanol–water partition coefficient (Wildman–Crippen LogP) is 3.14. The molecule has 4 heteroatoms. The molecule has 3 heterocycles. The number of nitrogens with one attached hydrogen (secondary N) is 1. The van der Waals surface area contributed by atoms with Crippen molar-refractivity contribution in [2.75, 3.05) is 24.5 Å². The molecule has 1 aliphatic carbocycles. The van der Waals surface area contributed by atoms with Crippen LogP contribution in [0.2, 0.25) is 0 Å². The van der Waals surface area contributed by atoms with E-state index in [0.717, 1.165) is 44.0 Å². The molecule has 0 bridgehead atoms. The topological polar surface area (TPSA) is 41.1 Å². The first-order valence-corrected chi connectivity index (χ1v) is 8.90. The lowest BCUT2D eigenvalue weighted by Gasteiger charge is -2.39. The van der Waals surface area contributed by atoms with Crippen LogP contribution in [0.4, 0.5) is 5.82 Å². The Bertz CT molecular complexity index is 683. The monoisotopic (exact) mass is 320 g/mol. The molecule has 124 valence electrons. The van der Waals surface area contributed by atoms with E-state index < -0.39 is 0 Å². The van der Waals surface area contributed by atoms with E-state index in [-0.39, 0.29) is 0 Å². The molecule has 2 aromatic rings. The Kier molecular flexibility index (Phi) is 4.56. The van der Waals surface area contributed by atoms with E-state index in [1.54, 1.807) is 0 Å². The molecule has 0 aromatic carbocycles. The maximum atomic E-state index is 4.51. The highest BCUT2D eigenvalue weighted by molar-refractivity contribution is 5.63. The van der Waals surface area contributed by atoms with Gasteiger partial charge in [-0.25, -0.2) is 4.98 Å². The molecule has 2 unspecified atom stereocenters. The van der Waals surface area contributed by atoms with Gasteiger partial charge in [0.1, 0.15) is 5.82 Å². The number of nitrogens with zero attached hydrogens (tertiary/aromatic N) is 3. The molecule has 4 rings (SSSR count). The van der Waals surface area contributed by atoms with Gasteiger partial charge in [-0.2, -0.15) is 0 Å². The van der Waals surface area contributed by atoms with Crippen LogP contribution in [-0.4, -0.2) is 35.6 Å². The SMILES string of the molecule is C1=C(c2ccccn2)CCC(C2CN(c3ccccn3)CCN2)C1. The second kappa shape index (κ2) is 7.14. The summed E-state index contributed by atoms with van der Waals surface area (Å²) in [5, 5.41) is 3.73. The number of rotatable bonds is 3. The fraction of sp³-hybridized carbons (Fsp3) is 0.400. The van der Waals surface area contributed by atoms with Gasteiger partial charge in [-0.15, -0.1) is 0 Å². The van der Waals surface area contributed by atoms with Gasteiger partial charge in [-0.05, 0) is 55.0 Å². The molecule has 1 fully saturated rings. The summed E-state index contributed by atoms with van der Waals surface area (Å²) in [7, 11) is 0. The van der Waals surface area contributed by atoms with Crippen LogP contribution in [0.1, 0.15) is 25.0 Å². The van der Waals surface area contributed by atoms with E-state index in [1.165, 1.54) is 12.0 Å². The highest BCUT2D eigenvalue weighted by Gasteiger charge is 2.28. The van der Waals surface area contributed by atoms with Crippen LogP contribution in [0, 0.1) is 5.92 Å². The first-order valence-electron chi connectivity index (χ1n) is 8.90. The second-order valence-corrected chi connectivity index (χ2v) is 6.67. The molecule has 2 atom stereocenters. The fourth-order valence-electron chi connectivity index (χ4n) is 3.85. The summed E-state index contributed by atoms with van der Waals surface area (Å²) < 4.78 is 0. The molecule has 4 nitrogen and oxygen atoms in total. The van der Waals surface area contributed by atoms with Crippen molar-refractivity contribution in [2.24, 2.45) is 5.92 Å². The van der Waals surface area contributed by atoms with Crippen molar-refractivity contribution >= 4 is 11.4 Å². The Morgan fingerprint density at radius 2 is 1.92 bits per heavy atom. The molecule has 0 spiro atoms. The summed E-state index contributed by atoms with van der Waals surface area (Å²) in [5.74, 6) is 1.80. The zero-order valence-corrected chi connectivity index (χ0v) is 13.9. The average molecular weight is 320 g/mol. The van der Waals surface area contributed by atoms with Gasteiger partial charge in [-0.1, -0.05) is 18.2 Å². The third-order valence-electron chi connectivity index (χ3n) is 5.19. The smallest absolute Gasteiger partial charge is 0.128 e. The number of allylic oxidation sites excluding steroid dienone is 2. The molecular weight excluding hydrogens is 296 g/mol. The molecule has 2 aromatic heterocycles. The van der Waals surface area contributed by atoms with Crippen molar-refractivity contribution in [1.82, 2.24) is 15.3 Å². The Hall–Kier alpha value is -2.20. The van der Waals surface area contributed by atoms with Gasteiger partial charge in [0.2, 0.25) is 0 Å². The van der Waals surface area contributed by atoms with Gasteiger partial charge >= 0.3 is 0 Å². The highest BCUT2D eigenvalue weighted by Crippen LogP contribution is 2.32. The standard InChI is InChI=1S/C20H24N4/c1-3-11-21-18(5-1)16-7-9-17(10-8-16)19-15-24(14-13-22-19)20-6-2-4-12-23-20/h1-7,11-12,17,19,22H,8-10,13-15H2. The average Bonchev–Trinajstić information content (AvgIpc) is 2.70. The minimum atomic E-state index is 0.544. The third kappa shape index (κ3) is 3.34. The molecule has 24 heavy (non-hydrogen) atoms. The van der Waals surface area contributed by atoms with Gasteiger partial charge in [0.15, 0.2) is 0 Å². The van der Waals surface area contributed by atoms with Crippen LogP contribution in [0.3, 0.4) is 0 Å². The number of hydrogen-bond donors (Lipinski definition) is 1. The zero-order valence-electron chi connectivity index (χ0n) is 13.9. The van der Waals surface area contributed by atoms with Gasteiger partial charge in [0, 0.05) is 38.1 Å². The summed E-state index contributed by atoms with van der Waals surface area (Å²) in [6.07, 6.45) is 9.67. The third-order valence-corrected chi connectivity index (χ3v) is 5.19. The first-order chi connectivity index (χ1) is 11.9. The normalized spacial score (nSPS) is 24.5. The predicted molar refractivity (Wildman–Crippen MR) is 97.8 cm³/mol. The number of aromatic nitrogens is 2. The Balaban J connectivity index is 1.41. The van der Waals surface area contributed by atoms with Crippen LogP contribution < -0.4 is 10.2 Å². The molecule has 1 N–H and O–H groups in total. The minimum absolute atomic E-state index is 0.544. The lowest BCUT2D eigenvalue weighted by atomic mass is 9.82. The molecule has 1 saturated heterocycles. The molecule has 1 aliphatic heterocycles. The van der Waals surface area contributed by atoms with Gasteiger partial charge in [0.25, 0.3) is 0 Å². The van der Waals surface area contributed by atoms with E-state index in [4.69, 9.17) is 0 Å². The zero-order chi connectivity index (χ0) is 16.2. The summed E-state index contributed by atoms with van der Waals surface area (Å²) in [6.45, 7) is 3.12. The largest absolute Gasteiger partial charge is 0.354 e. The maximum absolute atomic E-state index is 4.51.